The third-order valence-corrected chi connectivity index (χ3v) is 5.92. The molecule has 3 N–H and O–H groups in total. The Morgan fingerprint density at radius 1 is 1.26 bits per heavy atom. The Bertz CT molecular complexity index is 585. The van der Waals surface area contributed by atoms with Gasteiger partial charge in [-0.1, -0.05) is 26.7 Å². The van der Waals surface area contributed by atoms with Crippen LogP contribution in [0.3, 0.4) is 0 Å². The maximum atomic E-state index is 12.3. The second-order valence-corrected chi connectivity index (χ2v) is 7.83. The summed E-state index contributed by atoms with van der Waals surface area (Å²) in [5.41, 5.74) is 0. The molecule has 0 unspecified atom stereocenters. The SMILES string of the molecule is CCC(CC)NS(=O)(=O)c1ccc(N[C@H]2CCCC[C@@H]2O)nc1. The molecule has 0 aliphatic heterocycles. The summed E-state index contributed by atoms with van der Waals surface area (Å²) in [7, 11) is -3.53. The third kappa shape index (κ3) is 4.89. The molecule has 1 fully saturated rings. The van der Waals surface area contributed by atoms with Gasteiger partial charge in [-0.2, -0.15) is 0 Å². The van der Waals surface area contributed by atoms with Gasteiger partial charge in [0.15, 0.2) is 0 Å². The van der Waals surface area contributed by atoms with Crippen LogP contribution in [-0.2, 0) is 10.0 Å². The molecule has 1 heterocycles. The number of anilines is 1. The van der Waals surface area contributed by atoms with E-state index in [9.17, 15) is 13.5 Å². The van der Waals surface area contributed by atoms with Crippen molar-refractivity contribution >= 4 is 15.8 Å². The first-order chi connectivity index (χ1) is 11.0. The van der Waals surface area contributed by atoms with Crippen molar-refractivity contribution in [2.45, 2.75) is 75.5 Å². The average Bonchev–Trinajstić information content (AvgIpc) is 2.55. The van der Waals surface area contributed by atoms with Crippen LogP contribution in [0.4, 0.5) is 5.82 Å². The second kappa shape index (κ2) is 8.08. The van der Waals surface area contributed by atoms with E-state index in [1.54, 1.807) is 12.1 Å². The fourth-order valence-corrected chi connectivity index (χ4v) is 4.18. The zero-order valence-electron chi connectivity index (χ0n) is 13.8. The van der Waals surface area contributed by atoms with Crippen LogP contribution in [0.15, 0.2) is 23.2 Å². The van der Waals surface area contributed by atoms with Crippen molar-refractivity contribution in [2.24, 2.45) is 0 Å². The Kier molecular flexibility index (Phi) is 6.38. The Hall–Kier alpha value is -1.18. The Balaban J connectivity index is 2.03. The lowest BCUT2D eigenvalue weighted by molar-refractivity contribution is 0.116. The number of sulfonamides is 1. The Labute approximate surface area is 138 Å². The number of aliphatic hydroxyl groups excluding tert-OH is 1. The van der Waals surface area contributed by atoms with Crippen LogP contribution in [0.2, 0.25) is 0 Å². The van der Waals surface area contributed by atoms with Crippen LogP contribution in [-0.4, -0.2) is 36.7 Å². The molecule has 0 bridgehead atoms. The molecule has 6 nitrogen and oxygen atoms in total. The van der Waals surface area contributed by atoms with E-state index in [-0.39, 0.29) is 23.1 Å². The standard InChI is InChI=1S/C16H27N3O3S/c1-3-12(4-2)19-23(21,22)13-9-10-16(17-11-13)18-14-7-5-6-8-15(14)20/h9-12,14-15,19-20H,3-8H2,1-2H3,(H,17,18)/t14-,15-/m0/s1. The molecule has 0 radical (unpaired) electrons. The molecule has 0 amide bonds. The maximum Gasteiger partial charge on any atom is 0.242 e. The number of pyridine rings is 1. The molecule has 1 aromatic rings. The Morgan fingerprint density at radius 2 is 1.96 bits per heavy atom. The van der Waals surface area contributed by atoms with E-state index in [1.165, 1.54) is 6.20 Å². The zero-order valence-corrected chi connectivity index (χ0v) is 14.6. The minimum atomic E-state index is -3.53. The lowest BCUT2D eigenvalue weighted by Crippen LogP contribution is -2.36. The van der Waals surface area contributed by atoms with Crippen LogP contribution >= 0.6 is 0 Å². The maximum absolute atomic E-state index is 12.3. The van der Waals surface area contributed by atoms with Gasteiger partial charge in [-0.3, -0.25) is 0 Å². The zero-order chi connectivity index (χ0) is 16.9. The molecular weight excluding hydrogens is 314 g/mol. The molecular formula is C16H27N3O3S. The molecule has 130 valence electrons. The highest BCUT2D eigenvalue weighted by Gasteiger charge is 2.23. The van der Waals surface area contributed by atoms with E-state index < -0.39 is 10.0 Å². The fraction of sp³-hybridized carbons (Fsp3) is 0.688. The van der Waals surface area contributed by atoms with Crippen molar-refractivity contribution in [3.63, 3.8) is 0 Å². The first-order valence-corrected chi connectivity index (χ1v) is 9.87. The number of rotatable bonds is 7. The number of nitrogens with zero attached hydrogens (tertiary/aromatic N) is 1. The molecule has 1 saturated carbocycles. The van der Waals surface area contributed by atoms with Gasteiger partial charge in [0.25, 0.3) is 0 Å². The lowest BCUT2D eigenvalue weighted by atomic mass is 9.92. The topological polar surface area (TPSA) is 91.3 Å². The summed E-state index contributed by atoms with van der Waals surface area (Å²) in [5, 5.41) is 13.2. The summed E-state index contributed by atoms with van der Waals surface area (Å²) < 4.78 is 27.3. The van der Waals surface area contributed by atoms with Crippen LogP contribution in [0, 0.1) is 0 Å². The average molecular weight is 341 g/mol. The first kappa shape index (κ1) is 18.2. The van der Waals surface area contributed by atoms with Gasteiger partial charge in [0.2, 0.25) is 10.0 Å². The summed E-state index contributed by atoms with van der Waals surface area (Å²) in [6, 6.07) is 3.13. The summed E-state index contributed by atoms with van der Waals surface area (Å²) in [6.07, 6.45) is 6.33. The van der Waals surface area contributed by atoms with E-state index in [1.807, 2.05) is 13.8 Å². The van der Waals surface area contributed by atoms with Gasteiger partial charge in [0.05, 0.1) is 12.1 Å². The highest BCUT2D eigenvalue weighted by Crippen LogP contribution is 2.22. The summed E-state index contributed by atoms with van der Waals surface area (Å²) in [5.74, 6) is 0.595. The van der Waals surface area contributed by atoms with Gasteiger partial charge >= 0.3 is 0 Å². The van der Waals surface area contributed by atoms with Gasteiger partial charge in [-0.15, -0.1) is 0 Å². The van der Waals surface area contributed by atoms with Crippen LogP contribution in [0.25, 0.3) is 0 Å². The van der Waals surface area contributed by atoms with Crippen molar-refractivity contribution in [1.29, 1.82) is 0 Å². The van der Waals surface area contributed by atoms with Crippen molar-refractivity contribution in [3.05, 3.63) is 18.3 Å². The van der Waals surface area contributed by atoms with Crippen molar-refractivity contribution in [1.82, 2.24) is 9.71 Å². The van der Waals surface area contributed by atoms with Crippen LogP contribution < -0.4 is 10.0 Å². The van der Waals surface area contributed by atoms with Crippen molar-refractivity contribution in [3.8, 4) is 0 Å². The van der Waals surface area contributed by atoms with E-state index in [0.29, 0.717) is 5.82 Å². The summed E-state index contributed by atoms with van der Waals surface area (Å²) >= 11 is 0. The summed E-state index contributed by atoms with van der Waals surface area (Å²) in [6.45, 7) is 3.91. The molecule has 1 aliphatic rings. The normalized spacial score (nSPS) is 22.3. The lowest BCUT2D eigenvalue weighted by Gasteiger charge is -2.28. The molecule has 0 spiro atoms. The molecule has 2 atom stereocenters. The molecule has 7 heteroatoms. The van der Waals surface area contributed by atoms with Crippen LogP contribution in [0.1, 0.15) is 52.4 Å². The smallest absolute Gasteiger partial charge is 0.242 e. The van der Waals surface area contributed by atoms with E-state index in [4.69, 9.17) is 0 Å². The molecule has 0 saturated heterocycles. The van der Waals surface area contributed by atoms with Crippen molar-refractivity contribution in [2.75, 3.05) is 5.32 Å². The van der Waals surface area contributed by atoms with Gasteiger partial charge in [0, 0.05) is 12.2 Å². The van der Waals surface area contributed by atoms with Gasteiger partial charge in [0.1, 0.15) is 10.7 Å². The fourth-order valence-electron chi connectivity index (χ4n) is 2.84. The molecule has 1 aromatic heterocycles. The van der Waals surface area contributed by atoms with Crippen molar-refractivity contribution < 1.29 is 13.5 Å². The minimum Gasteiger partial charge on any atom is -0.391 e. The van der Waals surface area contributed by atoms with Gasteiger partial charge in [-0.05, 0) is 37.8 Å². The Morgan fingerprint density at radius 3 is 2.52 bits per heavy atom. The van der Waals surface area contributed by atoms with E-state index in [2.05, 4.69) is 15.0 Å². The van der Waals surface area contributed by atoms with E-state index >= 15 is 0 Å². The molecule has 23 heavy (non-hydrogen) atoms. The third-order valence-electron chi connectivity index (χ3n) is 4.42. The number of hydrogen-bond acceptors (Lipinski definition) is 5. The summed E-state index contributed by atoms with van der Waals surface area (Å²) in [4.78, 5) is 4.36. The monoisotopic (exact) mass is 341 g/mol. The van der Waals surface area contributed by atoms with Gasteiger partial charge in [-0.25, -0.2) is 18.1 Å². The highest BCUT2D eigenvalue weighted by molar-refractivity contribution is 7.89. The number of nitrogens with one attached hydrogen (secondary N) is 2. The van der Waals surface area contributed by atoms with Gasteiger partial charge < -0.3 is 10.4 Å². The van der Waals surface area contributed by atoms with E-state index in [0.717, 1.165) is 38.5 Å². The highest BCUT2D eigenvalue weighted by atomic mass is 32.2. The number of hydrogen-bond donors (Lipinski definition) is 3. The second-order valence-electron chi connectivity index (χ2n) is 6.12. The molecule has 1 aliphatic carbocycles. The largest absolute Gasteiger partial charge is 0.391 e. The number of aliphatic hydroxyl groups is 1. The molecule has 2 rings (SSSR count). The number of aromatic nitrogens is 1. The minimum absolute atomic E-state index is 0.0126. The quantitative estimate of drug-likeness (QED) is 0.707. The predicted octanol–water partition coefficient (Wildman–Crippen LogP) is 2.26. The van der Waals surface area contributed by atoms with Crippen LogP contribution in [0.5, 0.6) is 0 Å². The molecule has 0 aromatic carbocycles. The first-order valence-electron chi connectivity index (χ1n) is 8.39. The predicted molar refractivity (Wildman–Crippen MR) is 90.8 cm³/mol.